The predicted octanol–water partition coefficient (Wildman–Crippen LogP) is 1.42. The average Bonchev–Trinajstić information content (AvgIpc) is 2.53. The third-order valence-electron chi connectivity index (χ3n) is 2.98. The zero-order valence-corrected chi connectivity index (χ0v) is 13.4. The van der Waals surface area contributed by atoms with Crippen LogP contribution >= 0.6 is 0 Å². The number of carbonyl (C=O) groups is 2. The summed E-state index contributed by atoms with van der Waals surface area (Å²) in [6, 6.07) is 0. The van der Waals surface area contributed by atoms with E-state index in [4.69, 9.17) is 4.84 Å². The largest absolute Gasteiger partial charge is 0.337 e. The highest BCUT2D eigenvalue weighted by Crippen LogP contribution is 2.07. The summed E-state index contributed by atoms with van der Waals surface area (Å²) in [5, 5.41) is 0. The van der Waals surface area contributed by atoms with E-state index in [9.17, 15) is 9.59 Å². The molecular formula is C15H24N4O3. The first kappa shape index (κ1) is 18.0. The second-order valence-electron chi connectivity index (χ2n) is 5.27. The Kier molecular flexibility index (Phi) is 8.06. The molecule has 0 fully saturated rings. The molecule has 0 unspecified atom stereocenters. The van der Waals surface area contributed by atoms with E-state index in [-0.39, 0.29) is 23.9 Å². The lowest BCUT2D eigenvalue weighted by atomic mass is 10.1. The molecule has 1 rings (SSSR count). The van der Waals surface area contributed by atoms with Crippen LogP contribution in [0.3, 0.4) is 0 Å². The second kappa shape index (κ2) is 9.83. The highest BCUT2D eigenvalue weighted by atomic mass is 16.6. The maximum atomic E-state index is 12.4. The molecule has 0 aliphatic rings. The minimum absolute atomic E-state index is 0.185. The van der Waals surface area contributed by atoms with E-state index >= 15 is 0 Å². The Hall–Kier alpha value is -2.02. The molecular weight excluding hydrogens is 284 g/mol. The van der Waals surface area contributed by atoms with Gasteiger partial charge in [0.1, 0.15) is 5.69 Å². The van der Waals surface area contributed by atoms with Crippen molar-refractivity contribution in [1.29, 1.82) is 0 Å². The second-order valence-corrected chi connectivity index (χ2v) is 5.27. The van der Waals surface area contributed by atoms with Crippen molar-refractivity contribution in [3.63, 3.8) is 0 Å². The molecule has 0 spiro atoms. The molecule has 1 heterocycles. The van der Waals surface area contributed by atoms with Crippen molar-refractivity contribution >= 4 is 11.8 Å². The molecule has 0 radical (unpaired) electrons. The number of nitrogens with one attached hydrogen (secondary N) is 1. The molecule has 0 aliphatic carbocycles. The summed E-state index contributed by atoms with van der Waals surface area (Å²) >= 11 is 0. The van der Waals surface area contributed by atoms with Crippen LogP contribution in [0, 0.1) is 5.92 Å². The van der Waals surface area contributed by atoms with Crippen molar-refractivity contribution in [3.05, 3.63) is 24.3 Å². The maximum Gasteiger partial charge on any atom is 0.274 e. The Labute approximate surface area is 131 Å². The highest BCUT2D eigenvalue weighted by Gasteiger charge is 2.18. The molecule has 1 aromatic rings. The van der Waals surface area contributed by atoms with E-state index in [1.807, 2.05) is 0 Å². The standard InChI is InChI=1S/C15H24N4O3/c1-4-22-18-14(20)6-10-19(9-5-12(2)3)15(21)13-11-16-7-8-17-13/h7-8,11-12H,4-6,9-10H2,1-3H3,(H,18,20). The van der Waals surface area contributed by atoms with Crippen LogP contribution < -0.4 is 5.48 Å². The first-order valence-corrected chi connectivity index (χ1v) is 7.50. The van der Waals surface area contributed by atoms with Gasteiger partial charge < -0.3 is 4.90 Å². The molecule has 0 aliphatic heterocycles. The number of hydrogen-bond donors (Lipinski definition) is 1. The molecule has 1 aromatic heterocycles. The van der Waals surface area contributed by atoms with Gasteiger partial charge in [0.25, 0.3) is 5.91 Å². The lowest BCUT2D eigenvalue weighted by molar-refractivity contribution is -0.133. The fourth-order valence-corrected chi connectivity index (χ4v) is 1.74. The fraction of sp³-hybridized carbons (Fsp3) is 0.600. The Morgan fingerprint density at radius 1 is 1.32 bits per heavy atom. The van der Waals surface area contributed by atoms with E-state index in [0.717, 1.165) is 6.42 Å². The molecule has 0 bridgehead atoms. The maximum absolute atomic E-state index is 12.4. The Bertz CT molecular complexity index is 465. The molecule has 0 saturated carbocycles. The molecule has 122 valence electrons. The molecule has 0 aromatic carbocycles. The summed E-state index contributed by atoms with van der Waals surface area (Å²) in [7, 11) is 0. The van der Waals surface area contributed by atoms with E-state index < -0.39 is 0 Å². The van der Waals surface area contributed by atoms with Gasteiger partial charge in [-0.25, -0.2) is 10.5 Å². The number of nitrogens with zero attached hydrogens (tertiary/aromatic N) is 3. The first-order chi connectivity index (χ1) is 10.5. The molecule has 0 saturated heterocycles. The SMILES string of the molecule is CCONC(=O)CCN(CCC(C)C)C(=O)c1cnccn1. The van der Waals surface area contributed by atoms with Crippen LogP contribution in [0.25, 0.3) is 0 Å². The van der Waals surface area contributed by atoms with Crippen LogP contribution in [-0.4, -0.2) is 46.4 Å². The quantitative estimate of drug-likeness (QED) is 0.697. The Morgan fingerprint density at radius 3 is 2.68 bits per heavy atom. The van der Waals surface area contributed by atoms with E-state index in [1.165, 1.54) is 18.6 Å². The van der Waals surface area contributed by atoms with Gasteiger partial charge in [-0.05, 0) is 19.3 Å². The summed E-state index contributed by atoms with van der Waals surface area (Å²) < 4.78 is 0. The minimum atomic E-state index is -0.247. The van der Waals surface area contributed by atoms with Gasteiger partial charge in [-0.1, -0.05) is 13.8 Å². The van der Waals surface area contributed by atoms with Crippen molar-refractivity contribution in [2.24, 2.45) is 5.92 Å². The predicted molar refractivity (Wildman–Crippen MR) is 81.8 cm³/mol. The minimum Gasteiger partial charge on any atom is -0.337 e. The summed E-state index contributed by atoms with van der Waals surface area (Å²) in [6.07, 6.45) is 5.48. The fourth-order valence-electron chi connectivity index (χ4n) is 1.74. The van der Waals surface area contributed by atoms with Gasteiger partial charge >= 0.3 is 0 Å². The van der Waals surface area contributed by atoms with Crippen molar-refractivity contribution in [2.45, 2.75) is 33.6 Å². The number of aromatic nitrogens is 2. The van der Waals surface area contributed by atoms with E-state index in [2.05, 4.69) is 29.3 Å². The smallest absolute Gasteiger partial charge is 0.274 e. The first-order valence-electron chi connectivity index (χ1n) is 7.50. The van der Waals surface area contributed by atoms with Gasteiger partial charge in [-0.3, -0.25) is 19.4 Å². The summed E-state index contributed by atoms with van der Waals surface area (Å²) in [6.45, 7) is 7.27. The average molecular weight is 308 g/mol. The van der Waals surface area contributed by atoms with Gasteiger partial charge in [0, 0.05) is 31.9 Å². The van der Waals surface area contributed by atoms with Crippen molar-refractivity contribution in [3.8, 4) is 0 Å². The van der Waals surface area contributed by atoms with Gasteiger partial charge in [0.15, 0.2) is 0 Å². The third-order valence-corrected chi connectivity index (χ3v) is 2.98. The van der Waals surface area contributed by atoms with Crippen LogP contribution in [0.1, 0.15) is 44.1 Å². The lowest BCUT2D eigenvalue weighted by Gasteiger charge is -2.23. The van der Waals surface area contributed by atoms with Gasteiger partial charge in [0.05, 0.1) is 12.8 Å². The number of rotatable bonds is 9. The molecule has 1 N–H and O–H groups in total. The molecule has 7 nitrogen and oxygen atoms in total. The van der Waals surface area contributed by atoms with Crippen molar-refractivity contribution in [1.82, 2.24) is 20.3 Å². The van der Waals surface area contributed by atoms with Crippen LogP contribution in [-0.2, 0) is 9.63 Å². The Morgan fingerprint density at radius 2 is 2.09 bits per heavy atom. The van der Waals surface area contributed by atoms with Crippen molar-refractivity contribution in [2.75, 3.05) is 19.7 Å². The highest BCUT2D eigenvalue weighted by molar-refractivity contribution is 5.92. The van der Waals surface area contributed by atoms with Gasteiger partial charge in [-0.2, -0.15) is 0 Å². The van der Waals surface area contributed by atoms with Crippen molar-refractivity contribution < 1.29 is 14.4 Å². The van der Waals surface area contributed by atoms with E-state index in [0.29, 0.717) is 25.6 Å². The summed E-state index contributed by atoms with van der Waals surface area (Å²) in [4.78, 5) is 38.5. The van der Waals surface area contributed by atoms with Gasteiger partial charge in [-0.15, -0.1) is 0 Å². The zero-order chi connectivity index (χ0) is 16.4. The number of amides is 2. The van der Waals surface area contributed by atoms with Crippen LogP contribution in [0.2, 0.25) is 0 Å². The molecule has 7 heteroatoms. The monoisotopic (exact) mass is 308 g/mol. The van der Waals surface area contributed by atoms with Crippen LogP contribution in [0.5, 0.6) is 0 Å². The molecule has 22 heavy (non-hydrogen) atoms. The van der Waals surface area contributed by atoms with Gasteiger partial charge in [0.2, 0.25) is 5.91 Å². The van der Waals surface area contributed by atoms with Crippen LogP contribution in [0.4, 0.5) is 0 Å². The number of hydroxylamine groups is 1. The third kappa shape index (κ3) is 6.62. The van der Waals surface area contributed by atoms with Crippen LogP contribution in [0.15, 0.2) is 18.6 Å². The number of carbonyl (C=O) groups excluding carboxylic acids is 2. The topological polar surface area (TPSA) is 84.4 Å². The molecule has 2 amide bonds. The number of hydrogen-bond acceptors (Lipinski definition) is 5. The normalized spacial score (nSPS) is 10.5. The van der Waals surface area contributed by atoms with E-state index in [1.54, 1.807) is 11.8 Å². The summed E-state index contributed by atoms with van der Waals surface area (Å²) in [5.41, 5.74) is 2.61. The molecule has 0 atom stereocenters. The Balaban J connectivity index is 2.63. The summed E-state index contributed by atoms with van der Waals surface area (Å²) in [5.74, 6) is 0.00992. The lowest BCUT2D eigenvalue weighted by Crippen LogP contribution is -2.37. The zero-order valence-electron chi connectivity index (χ0n) is 13.4.